The normalized spacial score (nSPS) is 13.9. The quantitative estimate of drug-likeness (QED) is 0.120. The first-order valence-electron chi connectivity index (χ1n) is 16.4. The summed E-state index contributed by atoms with van der Waals surface area (Å²) in [5.41, 5.74) is 10.9. The first kappa shape index (κ1) is 31.8. The van der Waals surface area contributed by atoms with Gasteiger partial charge >= 0.3 is 0 Å². The molecule has 1 saturated heterocycles. The summed E-state index contributed by atoms with van der Waals surface area (Å²) in [7, 11) is 0. The molecule has 3 N–H and O–H groups in total. The van der Waals surface area contributed by atoms with Crippen LogP contribution in [-0.4, -0.2) is 56.2 Å². The molecule has 1 aromatic heterocycles. The molecule has 0 aliphatic carbocycles. The molecule has 7 heteroatoms. The summed E-state index contributed by atoms with van der Waals surface area (Å²) in [5, 5.41) is 4.23. The second-order valence-electron chi connectivity index (χ2n) is 11.9. The molecule has 6 rings (SSSR count). The molecule has 1 amide bonds. The van der Waals surface area contributed by atoms with E-state index in [0.717, 1.165) is 36.6 Å². The largest absolute Gasteiger partial charge is 0.494 e. The van der Waals surface area contributed by atoms with Gasteiger partial charge in [-0.3, -0.25) is 9.69 Å². The van der Waals surface area contributed by atoms with Crippen LogP contribution in [0.5, 0.6) is 11.5 Å². The third-order valence-electron chi connectivity index (χ3n) is 8.52. The van der Waals surface area contributed by atoms with E-state index in [4.69, 9.17) is 15.2 Å². The van der Waals surface area contributed by atoms with Crippen molar-refractivity contribution in [3.63, 3.8) is 0 Å². The summed E-state index contributed by atoms with van der Waals surface area (Å²) in [6.45, 7) is 5.16. The summed E-state index contributed by atoms with van der Waals surface area (Å²) >= 11 is 1.84. The van der Waals surface area contributed by atoms with E-state index in [2.05, 4.69) is 70.9 Å². The Bertz CT molecular complexity index is 1680. The van der Waals surface area contributed by atoms with Crippen molar-refractivity contribution in [2.45, 2.75) is 38.1 Å². The maximum absolute atomic E-state index is 12.4. The molecule has 6 nitrogen and oxygen atoms in total. The highest BCUT2D eigenvalue weighted by Gasteiger charge is 2.16. The van der Waals surface area contributed by atoms with Gasteiger partial charge in [-0.15, -0.1) is 11.3 Å². The molecule has 0 unspecified atom stereocenters. The lowest BCUT2D eigenvalue weighted by atomic mass is 9.99. The number of rotatable bonds is 15. The molecular formula is C39H43N3O3S. The van der Waals surface area contributed by atoms with Crippen molar-refractivity contribution in [1.82, 2.24) is 10.2 Å². The minimum absolute atomic E-state index is 0.135. The van der Waals surface area contributed by atoms with E-state index in [1.807, 2.05) is 53.8 Å². The predicted octanol–water partition coefficient (Wildman–Crippen LogP) is 7.09. The van der Waals surface area contributed by atoms with Crippen LogP contribution in [-0.2, 0) is 17.6 Å². The van der Waals surface area contributed by atoms with Crippen LogP contribution in [0.4, 0.5) is 0 Å². The van der Waals surface area contributed by atoms with E-state index in [1.54, 1.807) is 0 Å². The van der Waals surface area contributed by atoms with Crippen LogP contribution in [0.1, 0.15) is 36.0 Å². The van der Waals surface area contributed by atoms with Gasteiger partial charge in [-0.1, -0.05) is 60.7 Å². The van der Waals surface area contributed by atoms with Gasteiger partial charge in [-0.2, -0.15) is 0 Å². The van der Waals surface area contributed by atoms with E-state index in [1.165, 1.54) is 57.6 Å². The Labute approximate surface area is 276 Å². The molecular weight excluding hydrogens is 591 g/mol. The number of nitrogens with zero attached hydrogens (tertiary/aromatic N) is 1. The Kier molecular flexibility index (Phi) is 11.0. The molecule has 46 heavy (non-hydrogen) atoms. The first-order valence-corrected chi connectivity index (χ1v) is 17.2. The fourth-order valence-corrected chi connectivity index (χ4v) is 7.21. The summed E-state index contributed by atoms with van der Waals surface area (Å²) in [5.74, 6) is 1.62. The maximum atomic E-state index is 12.4. The fraction of sp³-hybridized carbons (Fsp3) is 0.308. The van der Waals surface area contributed by atoms with Crippen LogP contribution in [0, 0.1) is 0 Å². The van der Waals surface area contributed by atoms with E-state index in [9.17, 15) is 4.79 Å². The fourth-order valence-electron chi connectivity index (χ4n) is 5.98. The number of carbonyl (C=O) groups excluding carboxylic acids is 1. The minimum atomic E-state index is -0.558. The molecule has 1 fully saturated rings. The topological polar surface area (TPSA) is 76.8 Å². The van der Waals surface area contributed by atoms with Crippen molar-refractivity contribution in [3.8, 4) is 21.9 Å². The van der Waals surface area contributed by atoms with Gasteiger partial charge in [0.25, 0.3) is 0 Å². The molecule has 0 saturated carbocycles. The molecule has 0 radical (unpaired) electrons. The Balaban J connectivity index is 1.02. The Morgan fingerprint density at radius 3 is 2.24 bits per heavy atom. The summed E-state index contributed by atoms with van der Waals surface area (Å²) in [4.78, 5) is 16.1. The molecule has 0 spiro atoms. The van der Waals surface area contributed by atoms with Gasteiger partial charge in [0.1, 0.15) is 18.1 Å². The zero-order valence-corrected chi connectivity index (χ0v) is 27.1. The molecule has 238 valence electrons. The number of carbonyl (C=O) groups is 1. The van der Waals surface area contributed by atoms with E-state index >= 15 is 0 Å². The van der Waals surface area contributed by atoms with E-state index < -0.39 is 6.04 Å². The summed E-state index contributed by atoms with van der Waals surface area (Å²) in [6, 6.07) is 34.9. The lowest BCUT2D eigenvalue weighted by molar-refractivity contribution is -0.122. The zero-order chi connectivity index (χ0) is 31.6. The lowest BCUT2D eigenvalue weighted by Crippen LogP contribution is -2.42. The van der Waals surface area contributed by atoms with Gasteiger partial charge in [-0.25, -0.2) is 0 Å². The van der Waals surface area contributed by atoms with E-state index in [-0.39, 0.29) is 5.91 Å². The van der Waals surface area contributed by atoms with Crippen molar-refractivity contribution in [3.05, 3.63) is 120 Å². The zero-order valence-electron chi connectivity index (χ0n) is 26.3. The first-order chi connectivity index (χ1) is 22.6. The van der Waals surface area contributed by atoms with Crippen LogP contribution in [0.3, 0.4) is 0 Å². The Morgan fingerprint density at radius 2 is 1.48 bits per heavy atom. The number of hydrogen-bond donors (Lipinski definition) is 2. The molecule has 1 atom stereocenters. The second kappa shape index (κ2) is 15.9. The number of nitrogens with one attached hydrogen (secondary N) is 1. The number of nitrogens with two attached hydrogens (primary N) is 1. The average molecular weight is 634 g/mol. The van der Waals surface area contributed by atoms with Gasteiger partial charge in [0.05, 0.1) is 12.6 Å². The van der Waals surface area contributed by atoms with Gasteiger partial charge in [0.15, 0.2) is 0 Å². The van der Waals surface area contributed by atoms with Crippen molar-refractivity contribution in [1.29, 1.82) is 0 Å². The standard InChI is InChI=1S/C39H43N3O3S/c40-36(28-29-9-2-1-3-10-29)39(43)41-21-8-25-44-33-19-15-31(16-20-33)38-35(34-11-4-5-12-37(34)46-38)27-30-13-17-32(18-14-30)45-26-24-42-22-6-7-23-42/h1-5,9-20,36H,6-8,21-28,40H2,(H,41,43)/t36-/m0/s1. The molecule has 1 aliphatic rings. The number of amides is 1. The molecule has 2 heterocycles. The SMILES string of the molecule is N[C@@H](Cc1ccccc1)C(=O)NCCCOc1ccc(-c2sc3ccccc3c2Cc2ccc(OCCN3CCCC3)cc2)cc1. The number of likely N-dealkylation sites (tertiary alicyclic amines) is 1. The number of benzene rings is 4. The smallest absolute Gasteiger partial charge is 0.237 e. The maximum Gasteiger partial charge on any atom is 0.237 e. The minimum Gasteiger partial charge on any atom is -0.494 e. The van der Waals surface area contributed by atoms with Crippen LogP contribution in [0.25, 0.3) is 20.5 Å². The van der Waals surface area contributed by atoms with Crippen molar-refractivity contribution >= 4 is 27.3 Å². The van der Waals surface area contributed by atoms with Crippen LogP contribution in [0.15, 0.2) is 103 Å². The Morgan fingerprint density at radius 1 is 0.804 bits per heavy atom. The second-order valence-corrected chi connectivity index (χ2v) is 13.0. The van der Waals surface area contributed by atoms with Gasteiger partial charge in [0, 0.05) is 22.7 Å². The molecule has 4 aromatic carbocycles. The van der Waals surface area contributed by atoms with Gasteiger partial charge in [0.2, 0.25) is 5.91 Å². The monoisotopic (exact) mass is 633 g/mol. The van der Waals surface area contributed by atoms with Crippen molar-refractivity contribution < 1.29 is 14.3 Å². The van der Waals surface area contributed by atoms with Gasteiger partial charge in [-0.05, 0) is 115 Å². The van der Waals surface area contributed by atoms with Crippen molar-refractivity contribution in [2.75, 3.05) is 39.4 Å². The third-order valence-corrected chi connectivity index (χ3v) is 9.78. The highest BCUT2D eigenvalue weighted by atomic mass is 32.1. The van der Waals surface area contributed by atoms with E-state index in [0.29, 0.717) is 26.0 Å². The third kappa shape index (κ3) is 8.55. The number of hydrogen-bond acceptors (Lipinski definition) is 6. The van der Waals surface area contributed by atoms with Crippen LogP contribution < -0.4 is 20.5 Å². The highest BCUT2D eigenvalue weighted by Crippen LogP contribution is 2.40. The number of thiophene rings is 1. The Hall–Kier alpha value is -4.17. The molecule has 1 aliphatic heterocycles. The number of fused-ring (bicyclic) bond motifs is 1. The van der Waals surface area contributed by atoms with Crippen LogP contribution >= 0.6 is 11.3 Å². The van der Waals surface area contributed by atoms with Crippen LogP contribution in [0.2, 0.25) is 0 Å². The number of ether oxygens (including phenoxy) is 2. The highest BCUT2D eigenvalue weighted by molar-refractivity contribution is 7.22. The summed E-state index contributed by atoms with van der Waals surface area (Å²) in [6.07, 6.45) is 4.69. The predicted molar refractivity (Wildman–Crippen MR) is 189 cm³/mol. The lowest BCUT2D eigenvalue weighted by Gasteiger charge is -2.15. The molecule has 5 aromatic rings. The van der Waals surface area contributed by atoms with Gasteiger partial charge < -0.3 is 20.5 Å². The molecule has 0 bridgehead atoms. The van der Waals surface area contributed by atoms with Crippen molar-refractivity contribution in [2.24, 2.45) is 5.73 Å². The average Bonchev–Trinajstić information content (AvgIpc) is 3.74. The summed E-state index contributed by atoms with van der Waals surface area (Å²) < 4.78 is 13.3.